The number of amides is 2. The number of para-hydroxylation sites is 1. The summed E-state index contributed by atoms with van der Waals surface area (Å²) in [6.45, 7) is 4.01. The van der Waals surface area contributed by atoms with E-state index in [0.717, 1.165) is 32.1 Å². The fraction of sp³-hybridized carbons (Fsp3) is 0.281. The highest BCUT2D eigenvalue weighted by Gasteiger charge is 2.30. The number of hydrogen-bond acceptors (Lipinski definition) is 6. The molecule has 1 atom stereocenters. The number of carbonyl (C=O) groups excluding carboxylic acids is 2. The summed E-state index contributed by atoms with van der Waals surface area (Å²) in [6, 6.07) is 21.8. The Morgan fingerprint density at radius 1 is 1.00 bits per heavy atom. The van der Waals surface area contributed by atoms with E-state index in [-0.39, 0.29) is 23.7 Å². The average Bonchev–Trinajstić information content (AvgIpc) is 3.33. The second-order valence-electron chi connectivity index (χ2n) is 10.6. The highest BCUT2D eigenvalue weighted by Crippen LogP contribution is 2.28. The minimum atomic E-state index is -0.374. The van der Waals surface area contributed by atoms with Gasteiger partial charge in [-0.15, -0.1) is 10.2 Å². The molecular formula is C32H30BrFN6O2S. The molecule has 0 saturated carbocycles. The largest absolute Gasteiger partial charge is 0.339 e. The lowest BCUT2D eigenvalue weighted by molar-refractivity contribution is -0.133. The molecule has 0 bridgehead atoms. The molecule has 6 rings (SSSR count). The van der Waals surface area contributed by atoms with E-state index in [0.29, 0.717) is 55.5 Å². The Morgan fingerprint density at radius 2 is 1.77 bits per heavy atom. The Bertz CT molecular complexity index is 1780. The lowest BCUT2D eigenvalue weighted by Gasteiger charge is -2.40. The number of fused-ring (bicyclic) bond motifs is 3. The zero-order valence-electron chi connectivity index (χ0n) is 23.6. The van der Waals surface area contributed by atoms with Crippen molar-refractivity contribution in [3.63, 3.8) is 0 Å². The quantitative estimate of drug-likeness (QED) is 0.146. The standard InChI is InChI=1S/C32H30BrFN6O2S/c1-21-19-38(16-17-39(21)31(42)23-10-14-25(34)15-11-23)28(41)7-4-18-43-32-35-30-29(36-37-32)26-5-2-3-6-27(26)40(30)20-22-8-12-24(33)13-9-22/h2-3,5-6,8-15,21H,4,7,16-20H2,1H3. The minimum absolute atomic E-state index is 0.0745. The van der Waals surface area contributed by atoms with Crippen LogP contribution in [0, 0.1) is 5.82 Å². The first kappa shape index (κ1) is 29.3. The van der Waals surface area contributed by atoms with E-state index in [1.165, 1.54) is 36.0 Å². The summed E-state index contributed by atoms with van der Waals surface area (Å²) >= 11 is 5.01. The molecule has 43 heavy (non-hydrogen) atoms. The van der Waals surface area contributed by atoms with Crippen LogP contribution in [0.2, 0.25) is 0 Å². The van der Waals surface area contributed by atoms with E-state index in [1.54, 1.807) is 4.90 Å². The first-order valence-corrected chi connectivity index (χ1v) is 16.0. The predicted octanol–water partition coefficient (Wildman–Crippen LogP) is 6.17. The predicted molar refractivity (Wildman–Crippen MR) is 170 cm³/mol. The summed E-state index contributed by atoms with van der Waals surface area (Å²) in [5.41, 5.74) is 4.24. The molecule has 1 aliphatic rings. The van der Waals surface area contributed by atoms with Crippen molar-refractivity contribution < 1.29 is 14.0 Å². The van der Waals surface area contributed by atoms with Gasteiger partial charge in [0.15, 0.2) is 5.65 Å². The van der Waals surface area contributed by atoms with Crippen molar-refractivity contribution in [3.8, 4) is 0 Å². The van der Waals surface area contributed by atoms with Crippen LogP contribution >= 0.6 is 27.7 Å². The van der Waals surface area contributed by atoms with Crippen LogP contribution in [0.15, 0.2) is 82.4 Å². The number of rotatable bonds is 8. The molecule has 8 nitrogen and oxygen atoms in total. The summed E-state index contributed by atoms with van der Waals surface area (Å²) in [7, 11) is 0. The van der Waals surface area contributed by atoms with Crippen LogP contribution in [0.3, 0.4) is 0 Å². The molecule has 0 N–H and O–H groups in total. The summed E-state index contributed by atoms with van der Waals surface area (Å²) in [5.74, 6) is 0.245. The molecule has 0 radical (unpaired) electrons. The highest BCUT2D eigenvalue weighted by atomic mass is 79.9. The van der Waals surface area contributed by atoms with Gasteiger partial charge in [-0.2, -0.15) is 0 Å². The Balaban J connectivity index is 1.06. The maximum Gasteiger partial charge on any atom is 0.254 e. The molecule has 3 aromatic carbocycles. The van der Waals surface area contributed by atoms with Crippen molar-refractivity contribution >= 4 is 61.6 Å². The third-order valence-electron chi connectivity index (χ3n) is 7.71. The van der Waals surface area contributed by atoms with E-state index in [4.69, 9.17) is 4.98 Å². The van der Waals surface area contributed by atoms with Gasteiger partial charge in [0.25, 0.3) is 5.91 Å². The van der Waals surface area contributed by atoms with Gasteiger partial charge in [0.2, 0.25) is 11.1 Å². The van der Waals surface area contributed by atoms with Gasteiger partial charge < -0.3 is 14.4 Å². The molecule has 2 aromatic heterocycles. The van der Waals surface area contributed by atoms with Crippen LogP contribution in [0.4, 0.5) is 4.39 Å². The van der Waals surface area contributed by atoms with Crippen LogP contribution < -0.4 is 0 Å². The van der Waals surface area contributed by atoms with Crippen molar-refractivity contribution in [2.75, 3.05) is 25.4 Å². The molecule has 0 aliphatic carbocycles. The summed E-state index contributed by atoms with van der Waals surface area (Å²) in [5, 5.41) is 10.5. The monoisotopic (exact) mass is 660 g/mol. The fourth-order valence-electron chi connectivity index (χ4n) is 5.47. The second kappa shape index (κ2) is 12.8. The zero-order chi connectivity index (χ0) is 29.9. The molecule has 1 saturated heterocycles. The Labute approximate surface area is 261 Å². The van der Waals surface area contributed by atoms with Crippen molar-refractivity contribution in [1.82, 2.24) is 29.5 Å². The molecule has 5 aromatic rings. The maximum absolute atomic E-state index is 13.3. The van der Waals surface area contributed by atoms with Crippen LogP contribution in [-0.4, -0.2) is 72.8 Å². The molecule has 2 amide bonds. The number of benzene rings is 3. The Kier molecular flexibility index (Phi) is 8.71. The summed E-state index contributed by atoms with van der Waals surface area (Å²) in [6.07, 6.45) is 1.08. The number of nitrogens with zero attached hydrogens (tertiary/aromatic N) is 6. The molecular weight excluding hydrogens is 631 g/mol. The van der Waals surface area contributed by atoms with Gasteiger partial charge in [0.05, 0.1) is 5.52 Å². The molecule has 11 heteroatoms. The smallest absolute Gasteiger partial charge is 0.254 e. The zero-order valence-corrected chi connectivity index (χ0v) is 26.0. The van der Waals surface area contributed by atoms with Gasteiger partial charge in [-0.1, -0.05) is 58.0 Å². The number of carbonyl (C=O) groups is 2. The van der Waals surface area contributed by atoms with Gasteiger partial charge in [-0.25, -0.2) is 9.37 Å². The van der Waals surface area contributed by atoms with Crippen molar-refractivity contribution in [3.05, 3.63) is 94.2 Å². The van der Waals surface area contributed by atoms with E-state index in [1.807, 2.05) is 42.2 Å². The fourth-order valence-corrected chi connectivity index (χ4v) is 6.46. The van der Waals surface area contributed by atoms with Crippen LogP contribution in [-0.2, 0) is 11.3 Å². The second-order valence-corrected chi connectivity index (χ2v) is 12.6. The maximum atomic E-state index is 13.3. The Hall–Kier alpha value is -3.83. The molecule has 3 heterocycles. The molecule has 1 aliphatic heterocycles. The number of thioether (sulfide) groups is 1. The van der Waals surface area contributed by atoms with Crippen molar-refractivity contribution in [2.24, 2.45) is 0 Å². The first-order chi connectivity index (χ1) is 20.9. The number of piperazine rings is 1. The van der Waals surface area contributed by atoms with Crippen molar-refractivity contribution in [1.29, 1.82) is 0 Å². The lowest BCUT2D eigenvalue weighted by atomic mass is 10.1. The van der Waals surface area contributed by atoms with Gasteiger partial charge in [0, 0.05) is 59.8 Å². The van der Waals surface area contributed by atoms with Crippen LogP contribution in [0.25, 0.3) is 22.1 Å². The average molecular weight is 662 g/mol. The first-order valence-electron chi connectivity index (χ1n) is 14.2. The number of aromatic nitrogens is 4. The number of halogens is 2. The lowest BCUT2D eigenvalue weighted by Crippen LogP contribution is -2.55. The SMILES string of the molecule is CC1CN(C(=O)CCCSc2nnc3c4ccccc4n(Cc4ccc(Br)cc4)c3n2)CCN1C(=O)c1ccc(F)cc1. The normalized spacial score (nSPS) is 15.4. The van der Waals surface area contributed by atoms with E-state index >= 15 is 0 Å². The highest BCUT2D eigenvalue weighted by molar-refractivity contribution is 9.10. The third-order valence-corrected chi connectivity index (χ3v) is 9.16. The van der Waals surface area contributed by atoms with Gasteiger partial charge in [-0.05, 0) is 61.4 Å². The van der Waals surface area contributed by atoms with Crippen LogP contribution in [0.5, 0.6) is 0 Å². The molecule has 1 fully saturated rings. The Morgan fingerprint density at radius 3 is 2.53 bits per heavy atom. The summed E-state index contributed by atoms with van der Waals surface area (Å²) < 4.78 is 16.5. The third kappa shape index (κ3) is 6.42. The van der Waals surface area contributed by atoms with Crippen LogP contribution in [0.1, 0.15) is 35.7 Å². The van der Waals surface area contributed by atoms with E-state index in [2.05, 4.69) is 48.9 Å². The van der Waals surface area contributed by atoms with Crippen molar-refractivity contribution in [2.45, 2.75) is 37.5 Å². The molecule has 1 unspecified atom stereocenters. The van der Waals surface area contributed by atoms with Gasteiger partial charge in [-0.3, -0.25) is 9.59 Å². The van der Waals surface area contributed by atoms with Gasteiger partial charge >= 0.3 is 0 Å². The van der Waals surface area contributed by atoms with E-state index in [9.17, 15) is 14.0 Å². The van der Waals surface area contributed by atoms with E-state index < -0.39 is 0 Å². The molecule has 220 valence electrons. The topological polar surface area (TPSA) is 84.2 Å². The number of hydrogen-bond donors (Lipinski definition) is 0. The molecule has 0 spiro atoms. The van der Waals surface area contributed by atoms with Gasteiger partial charge in [0.1, 0.15) is 11.3 Å². The minimum Gasteiger partial charge on any atom is -0.339 e. The summed E-state index contributed by atoms with van der Waals surface area (Å²) in [4.78, 5) is 34.3.